The fraction of sp³-hybridized carbons (Fsp3) is 0.267. The molecule has 4 rings (SSSR count). The molecule has 1 saturated heterocycles. The van der Waals surface area contributed by atoms with Gasteiger partial charge in [0.1, 0.15) is 11.2 Å². The molecule has 0 bridgehead atoms. The van der Waals surface area contributed by atoms with Crippen molar-refractivity contribution in [1.82, 2.24) is 19.9 Å². The molecule has 1 aliphatic rings. The molecule has 0 unspecified atom stereocenters. The Hall–Kier alpha value is -3.01. The van der Waals surface area contributed by atoms with Gasteiger partial charge in [-0.05, 0) is 12.1 Å². The van der Waals surface area contributed by atoms with E-state index in [1.54, 1.807) is 4.90 Å². The number of benzene rings is 1. The first kappa shape index (κ1) is 15.5. The predicted molar refractivity (Wildman–Crippen MR) is 88.8 cm³/mol. The number of ether oxygens (including phenoxy) is 1. The van der Waals surface area contributed by atoms with Gasteiger partial charge in [0.05, 0.1) is 19.5 Å². The van der Waals surface area contributed by atoms with Gasteiger partial charge in [-0.3, -0.25) is 0 Å². The molecule has 0 spiro atoms. The molecule has 25 heavy (non-hydrogen) atoms. The summed E-state index contributed by atoms with van der Waals surface area (Å²) < 4.78 is 34.1. The number of nitrogens with zero attached hydrogens (tertiary/aromatic N) is 4. The second-order valence-electron chi connectivity index (χ2n) is 5.55. The number of imidazole rings is 1. The van der Waals surface area contributed by atoms with Gasteiger partial charge >= 0.3 is 0 Å². The smallest absolute Gasteiger partial charge is 0.231 e. The number of nitrogens with two attached hydrogens (primary N) is 1. The zero-order valence-corrected chi connectivity index (χ0v) is 13.1. The Labute approximate surface area is 141 Å². The van der Waals surface area contributed by atoms with Crippen molar-refractivity contribution in [2.24, 2.45) is 0 Å². The van der Waals surface area contributed by atoms with Crippen LogP contribution >= 0.6 is 0 Å². The highest BCUT2D eigenvalue weighted by molar-refractivity contribution is 5.82. The molecule has 0 atom stereocenters. The summed E-state index contributed by atoms with van der Waals surface area (Å²) >= 11 is 0. The molecule has 3 aromatic rings. The van der Waals surface area contributed by atoms with E-state index in [9.17, 15) is 8.78 Å². The van der Waals surface area contributed by atoms with Crippen molar-refractivity contribution in [3.8, 4) is 0 Å². The first-order valence-electron chi connectivity index (χ1n) is 7.67. The van der Waals surface area contributed by atoms with Crippen LogP contribution in [0.5, 0.6) is 0 Å². The number of morpholine rings is 1. The van der Waals surface area contributed by atoms with Crippen LogP contribution in [-0.2, 0) is 4.74 Å². The fourth-order valence-electron chi connectivity index (χ4n) is 2.77. The number of fused-ring (bicyclic) bond motifs is 1. The fourth-order valence-corrected chi connectivity index (χ4v) is 2.77. The molecule has 1 fully saturated rings. The largest absolute Gasteiger partial charge is 0.382 e. The quantitative estimate of drug-likeness (QED) is 0.663. The van der Waals surface area contributed by atoms with Crippen LogP contribution < -0.4 is 16.0 Å². The average Bonchev–Trinajstić information content (AvgIpc) is 3.04. The molecule has 1 aromatic carbocycles. The normalized spacial score (nSPS) is 14.9. The molecule has 0 amide bonds. The van der Waals surface area contributed by atoms with E-state index in [1.807, 2.05) is 0 Å². The molecular weight excluding hydrogens is 332 g/mol. The van der Waals surface area contributed by atoms with Crippen LogP contribution in [0.3, 0.4) is 0 Å². The second-order valence-corrected chi connectivity index (χ2v) is 5.55. The summed E-state index contributed by atoms with van der Waals surface area (Å²) in [5.74, 6) is -1.05. The zero-order valence-electron chi connectivity index (χ0n) is 13.1. The van der Waals surface area contributed by atoms with Gasteiger partial charge in [-0.2, -0.15) is 9.97 Å². The Bertz CT molecular complexity index is 900. The first-order valence-corrected chi connectivity index (χ1v) is 7.67. The summed E-state index contributed by atoms with van der Waals surface area (Å²) in [4.78, 5) is 16.6. The number of hydrogen-bond donors (Lipinski definition) is 3. The van der Waals surface area contributed by atoms with Crippen LogP contribution in [0, 0.1) is 11.6 Å². The topological polar surface area (TPSA) is 105 Å². The van der Waals surface area contributed by atoms with E-state index in [2.05, 4.69) is 25.3 Å². The standard InChI is InChI=1S/C15H15F2N7O/c16-9-5-8(6-10(17)12(9)24-1-3-25-4-2-24)21-15-22-13(18)11-14(23-15)20-7-19-11/h5-7H,1-4H2,(H4,18,19,20,21,22,23). The van der Waals surface area contributed by atoms with E-state index < -0.39 is 11.6 Å². The van der Waals surface area contributed by atoms with Crippen molar-refractivity contribution in [1.29, 1.82) is 0 Å². The van der Waals surface area contributed by atoms with Gasteiger partial charge in [0.2, 0.25) is 5.95 Å². The molecule has 0 aliphatic carbocycles. The van der Waals surface area contributed by atoms with Gasteiger partial charge in [0.25, 0.3) is 0 Å². The number of anilines is 4. The third-order valence-electron chi connectivity index (χ3n) is 3.91. The Kier molecular flexibility index (Phi) is 3.80. The zero-order chi connectivity index (χ0) is 17.4. The lowest BCUT2D eigenvalue weighted by atomic mass is 10.2. The molecule has 130 valence electrons. The number of rotatable bonds is 3. The van der Waals surface area contributed by atoms with Crippen LogP contribution in [-0.4, -0.2) is 46.2 Å². The Balaban J connectivity index is 1.64. The number of halogens is 2. The maximum absolute atomic E-state index is 14.4. The minimum absolute atomic E-state index is 0.0571. The van der Waals surface area contributed by atoms with E-state index in [0.29, 0.717) is 37.5 Å². The van der Waals surface area contributed by atoms with Gasteiger partial charge in [-0.15, -0.1) is 0 Å². The van der Waals surface area contributed by atoms with Crippen LogP contribution in [0.15, 0.2) is 18.5 Å². The molecule has 8 nitrogen and oxygen atoms in total. The van der Waals surface area contributed by atoms with Gasteiger partial charge < -0.3 is 25.7 Å². The highest BCUT2D eigenvalue weighted by Gasteiger charge is 2.20. The molecule has 3 heterocycles. The Morgan fingerprint density at radius 1 is 1.16 bits per heavy atom. The molecule has 0 saturated carbocycles. The summed E-state index contributed by atoms with van der Waals surface area (Å²) in [5.41, 5.74) is 6.79. The molecule has 4 N–H and O–H groups in total. The van der Waals surface area contributed by atoms with Gasteiger partial charge in [-0.25, -0.2) is 13.8 Å². The lowest BCUT2D eigenvalue weighted by molar-refractivity contribution is 0.122. The molecule has 2 aromatic heterocycles. The number of aromatic nitrogens is 4. The maximum Gasteiger partial charge on any atom is 0.231 e. The number of hydrogen-bond acceptors (Lipinski definition) is 7. The number of nitrogens with one attached hydrogen (secondary N) is 2. The van der Waals surface area contributed by atoms with Crippen LogP contribution in [0.4, 0.5) is 31.9 Å². The van der Waals surface area contributed by atoms with Crippen LogP contribution in [0.2, 0.25) is 0 Å². The van der Waals surface area contributed by atoms with Crippen molar-refractivity contribution < 1.29 is 13.5 Å². The summed E-state index contributed by atoms with van der Waals surface area (Å²) in [6.07, 6.45) is 1.44. The maximum atomic E-state index is 14.4. The molecule has 10 heteroatoms. The summed E-state index contributed by atoms with van der Waals surface area (Å²) in [5, 5.41) is 2.77. The monoisotopic (exact) mass is 347 g/mol. The highest BCUT2D eigenvalue weighted by atomic mass is 19.1. The molecule has 0 radical (unpaired) electrons. The Morgan fingerprint density at radius 3 is 2.60 bits per heavy atom. The van der Waals surface area contributed by atoms with Crippen molar-refractivity contribution in [3.05, 3.63) is 30.1 Å². The lowest BCUT2D eigenvalue weighted by Gasteiger charge is -2.29. The van der Waals surface area contributed by atoms with Crippen molar-refractivity contribution in [2.75, 3.05) is 42.3 Å². The van der Waals surface area contributed by atoms with E-state index in [4.69, 9.17) is 10.5 Å². The third kappa shape index (κ3) is 2.91. The van der Waals surface area contributed by atoms with E-state index in [-0.39, 0.29) is 23.1 Å². The van der Waals surface area contributed by atoms with Crippen molar-refractivity contribution in [3.63, 3.8) is 0 Å². The summed E-state index contributed by atoms with van der Waals surface area (Å²) in [7, 11) is 0. The predicted octanol–water partition coefficient (Wildman–Crippen LogP) is 1.79. The second kappa shape index (κ2) is 6.13. The first-order chi connectivity index (χ1) is 12.1. The summed E-state index contributed by atoms with van der Waals surface area (Å²) in [6.45, 7) is 1.76. The minimum atomic E-state index is -0.667. The summed E-state index contributed by atoms with van der Waals surface area (Å²) in [6, 6.07) is 2.40. The van der Waals surface area contributed by atoms with Crippen molar-refractivity contribution >= 4 is 34.3 Å². The van der Waals surface area contributed by atoms with Gasteiger partial charge in [0.15, 0.2) is 23.1 Å². The number of H-pyrrole nitrogens is 1. The van der Waals surface area contributed by atoms with Crippen LogP contribution in [0.25, 0.3) is 11.2 Å². The van der Waals surface area contributed by atoms with E-state index in [0.717, 1.165) is 0 Å². The average molecular weight is 347 g/mol. The highest BCUT2D eigenvalue weighted by Crippen LogP contribution is 2.29. The van der Waals surface area contributed by atoms with Crippen LogP contribution in [0.1, 0.15) is 0 Å². The number of aromatic amines is 1. The number of nitrogen functional groups attached to an aromatic ring is 1. The molecule has 1 aliphatic heterocycles. The minimum Gasteiger partial charge on any atom is -0.382 e. The van der Waals surface area contributed by atoms with Gasteiger partial charge in [0, 0.05) is 18.8 Å². The Morgan fingerprint density at radius 2 is 1.88 bits per heavy atom. The van der Waals surface area contributed by atoms with Gasteiger partial charge in [-0.1, -0.05) is 0 Å². The van der Waals surface area contributed by atoms with E-state index >= 15 is 0 Å². The molecular formula is C15H15F2N7O. The third-order valence-corrected chi connectivity index (χ3v) is 3.91. The van der Waals surface area contributed by atoms with Crippen molar-refractivity contribution in [2.45, 2.75) is 0 Å². The lowest BCUT2D eigenvalue weighted by Crippen LogP contribution is -2.37. The SMILES string of the molecule is Nc1nc(Nc2cc(F)c(N3CCOCC3)c(F)c2)nc2[nH]cnc12. The van der Waals surface area contributed by atoms with E-state index in [1.165, 1.54) is 18.5 Å².